The van der Waals surface area contributed by atoms with E-state index in [1.165, 1.54) is 24.4 Å². The second-order valence-electron chi connectivity index (χ2n) is 4.39. The fourth-order valence-corrected chi connectivity index (χ4v) is 1.82. The number of nitrogens with two attached hydrogens (primary N) is 1. The minimum Gasteiger partial charge on any atom is -0.399 e. The molecule has 1 heterocycles. The third kappa shape index (κ3) is 3.31. The molecule has 2 aromatic rings. The molecule has 0 aliphatic carbocycles. The first-order valence-corrected chi connectivity index (χ1v) is 5.98. The van der Waals surface area contributed by atoms with Gasteiger partial charge in [-0.3, -0.25) is 9.78 Å². The maximum Gasteiger partial charge on any atom is 0.418 e. The van der Waals surface area contributed by atoms with Gasteiger partial charge in [-0.25, -0.2) is 0 Å². The highest BCUT2D eigenvalue weighted by molar-refractivity contribution is 6.05. The Morgan fingerprint density at radius 2 is 2.00 bits per heavy atom. The summed E-state index contributed by atoms with van der Waals surface area (Å²) >= 11 is 0. The van der Waals surface area contributed by atoms with Crippen LogP contribution in [-0.2, 0) is 6.18 Å². The van der Waals surface area contributed by atoms with Crippen LogP contribution in [-0.4, -0.2) is 10.9 Å². The molecule has 1 aromatic heterocycles. The molecular weight excluding hydrogens is 283 g/mol. The Morgan fingerprint density at radius 1 is 1.29 bits per heavy atom. The first-order valence-electron chi connectivity index (χ1n) is 5.98. The van der Waals surface area contributed by atoms with Crippen molar-refractivity contribution in [3.8, 4) is 0 Å². The predicted molar refractivity (Wildman–Crippen MR) is 72.8 cm³/mol. The molecule has 0 aliphatic rings. The Balaban J connectivity index is 2.36. The summed E-state index contributed by atoms with van der Waals surface area (Å²) in [5, 5.41) is 2.25. The second-order valence-corrected chi connectivity index (χ2v) is 4.39. The number of alkyl halides is 3. The molecule has 110 valence electrons. The molecule has 0 spiro atoms. The molecule has 0 radical (unpaired) electrons. The number of carbonyl (C=O) groups excluding carboxylic acids is 1. The molecule has 3 N–H and O–H groups in total. The number of aromatic nitrogens is 1. The molecule has 21 heavy (non-hydrogen) atoms. The summed E-state index contributed by atoms with van der Waals surface area (Å²) in [6.07, 6.45) is -3.11. The van der Waals surface area contributed by atoms with Crippen molar-refractivity contribution in [1.82, 2.24) is 4.98 Å². The number of benzene rings is 1. The SMILES string of the molecule is Cc1ncccc1C(=O)Nc1ccc(N)cc1C(F)(F)F. The minimum absolute atomic E-state index is 0.0297. The van der Waals surface area contributed by atoms with Crippen LogP contribution in [0.5, 0.6) is 0 Å². The van der Waals surface area contributed by atoms with Crippen LogP contribution in [0.2, 0.25) is 0 Å². The normalized spacial score (nSPS) is 11.2. The van der Waals surface area contributed by atoms with Gasteiger partial charge in [-0.15, -0.1) is 0 Å². The molecule has 2 rings (SSSR count). The summed E-state index contributed by atoms with van der Waals surface area (Å²) in [5.41, 5.74) is 4.65. The van der Waals surface area contributed by atoms with Gasteiger partial charge in [-0.05, 0) is 37.3 Å². The zero-order valence-electron chi connectivity index (χ0n) is 11.0. The van der Waals surface area contributed by atoms with Gasteiger partial charge in [-0.2, -0.15) is 13.2 Å². The molecule has 4 nitrogen and oxygen atoms in total. The Morgan fingerprint density at radius 3 is 2.62 bits per heavy atom. The molecule has 0 atom stereocenters. The van der Waals surface area contributed by atoms with Crippen molar-refractivity contribution < 1.29 is 18.0 Å². The monoisotopic (exact) mass is 295 g/mol. The maximum absolute atomic E-state index is 12.9. The van der Waals surface area contributed by atoms with Crippen LogP contribution in [0.4, 0.5) is 24.5 Å². The van der Waals surface area contributed by atoms with Crippen molar-refractivity contribution in [2.24, 2.45) is 0 Å². The molecule has 0 aliphatic heterocycles. The van der Waals surface area contributed by atoms with E-state index < -0.39 is 17.6 Å². The summed E-state index contributed by atoms with van der Waals surface area (Å²) < 4.78 is 38.8. The molecule has 1 amide bonds. The highest BCUT2D eigenvalue weighted by Gasteiger charge is 2.34. The van der Waals surface area contributed by atoms with Gasteiger partial charge in [0.15, 0.2) is 0 Å². The van der Waals surface area contributed by atoms with Gasteiger partial charge >= 0.3 is 6.18 Å². The Labute approximate surface area is 118 Å². The lowest BCUT2D eigenvalue weighted by atomic mass is 10.1. The highest BCUT2D eigenvalue weighted by atomic mass is 19.4. The zero-order chi connectivity index (χ0) is 15.6. The number of nitrogen functional groups attached to an aromatic ring is 1. The predicted octanol–water partition coefficient (Wildman–Crippen LogP) is 3.24. The van der Waals surface area contributed by atoms with Gasteiger partial charge < -0.3 is 11.1 Å². The summed E-state index contributed by atoms with van der Waals surface area (Å²) in [6, 6.07) is 6.23. The number of aryl methyl sites for hydroxylation is 1. The van der Waals surface area contributed by atoms with E-state index in [0.29, 0.717) is 5.69 Å². The van der Waals surface area contributed by atoms with Crippen molar-refractivity contribution in [1.29, 1.82) is 0 Å². The number of amides is 1. The zero-order valence-corrected chi connectivity index (χ0v) is 11.0. The van der Waals surface area contributed by atoms with E-state index in [-0.39, 0.29) is 16.9 Å². The number of nitrogens with zero attached hydrogens (tertiary/aromatic N) is 1. The summed E-state index contributed by atoms with van der Waals surface area (Å²) in [5.74, 6) is -0.657. The van der Waals surface area contributed by atoms with Gasteiger partial charge in [0.05, 0.1) is 16.8 Å². The fourth-order valence-electron chi connectivity index (χ4n) is 1.82. The molecular formula is C14H12F3N3O. The average molecular weight is 295 g/mol. The molecule has 1 aromatic carbocycles. The quantitative estimate of drug-likeness (QED) is 0.836. The lowest BCUT2D eigenvalue weighted by Crippen LogP contribution is -2.18. The molecule has 0 saturated heterocycles. The van der Waals surface area contributed by atoms with E-state index in [4.69, 9.17) is 5.73 Å². The van der Waals surface area contributed by atoms with E-state index in [9.17, 15) is 18.0 Å². The third-order valence-corrected chi connectivity index (χ3v) is 2.85. The number of hydrogen-bond donors (Lipinski definition) is 2. The van der Waals surface area contributed by atoms with E-state index in [1.807, 2.05) is 0 Å². The number of anilines is 2. The Bertz CT molecular complexity index is 683. The van der Waals surface area contributed by atoms with E-state index in [0.717, 1.165) is 12.1 Å². The molecule has 0 saturated carbocycles. The number of hydrogen-bond acceptors (Lipinski definition) is 3. The summed E-state index contributed by atoms with van der Waals surface area (Å²) in [4.78, 5) is 16.0. The first-order chi connectivity index (χ1) is 9.79. The second kappa shape index (κ2) is 5.43. The Kier molecular flexibility index (Phi) is 3.84. The topological polar surface area (TPSA) is 68.0 Å². The van der Waals surface area contributed by atoms with Crippen LogP contribution in [0.25, 0.3) is 0 Å². The van der Waals surface area contributed by atoms with Crippen molar-refractivity contribution >= 4 is 17.3 Å². The smallest absolute Gasteiger partial charge is 0.399 e. The molecule has 7 heteroatoms. The van der Waals surface area contributed by atoms with Crippen LogP contribution >= 0.6 is 0 Å². The van der Waals surface area contributed by atoms with Crippen molar-refractivity contribution in [2.75, 3.05) is 11.1 Å². The number of rotatable bonds is 2. The number of nitrogens with one attached hydrogen (secondary N) is 1. The highest BCUT2D eigenvalue weighted by Crippen LogP contribution is 2.36. The van der Waals surface area contributed by atoms with E-state index >= 15 is 0 Å². The van der Waals surface area contributed by atoms with Crippen LogP contribution < -0.4 is 11.1 Å². The minimum atomic E-state index is -4.61. The van der Waals surface area contributed by atoms with Gasteiger partial charge in [0.25, 0.3) is 5.91 Å². The van der Waals surface area contributed by atoms with Crippen LogP contribution in [0.1, 0.15) is 21.6 Å². The average Bonchev–Trinajstić information content (AvgIpc) is 2.40. The maximum atomic E-state index is 12.9. The lowest BCUT2D eigenvalue weighted by molar-refractivity contribution is -0.136. The first kappa shape index (κ1) is 14.8. The van der Waals surface area contributed by atoms with E-state index in [2.05, 4.69) is 10.3 Å². The van der Waals surface area contributed by atoms with Crippen molar-refractivity contribution in [3.63, 3.8) is 0 Å². The van der Waals surface area contributed by atoms with Gasteiger partial charge in [0.1, 0.15) is 0 Å². The molecule has 0 fully saturated rings. The van der Waals surface area contributed by atoms with Crippen LogP contribution in [0.15, 0.2) is 36.5 Å². The number of carbonyl (C=O) groups is 1. The number of pyridine rings is 1. The summed E-state index contributed by atoms with van der Waals surface area (Å²) in [7, 11) is 0. The largest absolute Gasteiger partial charge is 0.418 e. The molecule has 0 bridgehead atoms. The lowest BCUT2D eigenvalue weighted by Gasteiger charge is -2.14. The van der Waals surface area contributed by atoms with Crippen molar-refractivity contribution in [3.05, 3.63) is 53.3 Å². The standard InChI is InChI=1S/C14H12F3N3O/c1-8-10(3-2-6-19-8)13(21)20-12-5-4-9(18)7-11(12)14(15,16)17/h2-7H,18H2,1H3,(H,20,21). The van der Waals surface area contributed by atoms with Crippen LogP contribution in [0, 0.1) is 6.92 Å². The third-order valence-electron chi connectivity index (χ3n) is 2.85. The van der Waals surface area contributed by atoms with Crippen molar-refractivity contribution in [2.45, 2.75) is 13.1 Å². The number of halogens is 3. The van der Waals surface area contributed by atoms with Gasteiger partial charge in [0, 0.05) is 17.6 Å². The Hall–Kier alpha value is -2.57. The van der Waals surface area contributed by atoms with Gasteiger partial charge in [0.2, 0.25) is 0 Å². The summed E-state index contributed by atoms with van der Waals surface area (Å²) in [6.45, 7) is 1.60. The van der Waals surface area contributed by atoms with Gasteiger partial charge in [-0.1, -0.05) is 0 Å². The van der Waals surface area contributed by atoms with E-state index in [1.54, 1.807) is 6.92 Å². The molecule has 0 unspecified atom stereocenters. The fraction of sp³-hybridized carbons (Fsp3) is 0.143. The van der Waals surface area contributed by atoms with Crippen LogP contribution in [0.3, 0.4) is 0 Å².